The minimum atomic E-state index is 0.568. The van der Waals surface area contributed by atoms with E-state index in [0.717, 1.165) is 55.8 Å². The molecule has 0 unspecified atom stereocenters. The van der Waals surface area contributed by atoms with Crippen LogP contribution in [0.3, 0.4) is 0 Å². The molecule has 0 radical (unpaired) electrons. The van der Waals surface area contributed by atoms with E-state index < -0.39 is 0 Å². The Labute approximate surface area is 145 Å². The van der Waals surface area contributed by atoms with E-state index >= 15 is 0 Å². The Morgan fingerprint density at radius 3 is 2.74 bits per heavy atom. The molecule has 5 nitrogen and oxygen atoms in total. The van der Waals surface area contributed by atoms with Crippen molar-refractivity contribution in [3.63, 3.8) is 0 Å². The van der Waals surface area contributed by atoms with Crippen LogP contribution in [0.4, 0.5) is 0 Å². The van der Waals surface area contributed by atoms with Crippen molar-refractivity contribution in [2.75, 3.05) is 46.9 Å². The first-order valence-electron chi connectivity index (χ1n) is 8.10. The van der Waals surface area contributed by atoms with Crippen LogP contribution in [0.2, 0.25) is 5.02 Å². The van der Waals surface area contributed by atoms with E-state index in [1.165, 1.54) is 0 Å². The lowest BCUT2D eigenvalue weighted by atomic mass is 10.2. The lowest BCUT2D eigenvalue weighted by molar-refractivity contribution is 0.180. The molecule has 0 spiro atoms. The van der Waals surface area contributed by atoms with Crippen LogP contribution in [0.25, 0.3) is 0 Å². The zero-order chi connectivity index (χ0) is 16.9. The molecule has 1 aromatic rings. The number of nitrogens with one attached hydrogen (secondary N) is 2. The Kier molecular flexibility index (Phi) is 10.4. The number of hydrogen-bond donors (Lipinski definition) is 2. The summed E-state index contributed by atoms with van der Waals surface area (Å²) in [5, 5.41) is 7.36. The Morgan fingerprint density at radius 1 is 1.26 bits per heavy atom. The molecule has 0 bridgehead atoms. The summed E-state index contributed by atoms with van der Waals surface area (Å²) in [5.74, 6) is 0.817. The maximum atomic E-state index is 6.16. The van der Waals surface area contributed by atoms with Gasteiger partial charge in [-0.15, -0.1) is 0 Å². The minimum Gasteiger partial charge on any atom is -0.385 e. The summed E-state index contributed by atoms with van der Waals surface area (Å²) in [4.78, 5) is 6.87. The predicted octanol–water partition coefficient (Wildman–Crippen LogP) is 2.36. The van der Waals surface area contributed by atoms with Crippen molar-refractivity contribution in [2.24, 2.45) is 4.99 Å². The maximum Gasteiger partial charge on any atom is 0.191 e. The molecule has 0 aliphatic carbocycles. The number of benzene rings is 1. The Morgan fingerprint density at radius 2 is 2.04 bits per heavy atom. The van der Waals surface area contributed by atoms with Crippen molar-refractivity contribution in [3.8, 4) is 0 Å². The van der Waals surface area contributed by atoms with Gasteiger partial charge in [-0.05, 0) is 32.0 Å². The fourth-order valence-electron chi connectivity index (χ4n) is 2.09. The van der Waals surface area contributed by atoms with Gasteiger partial charge >= 0.3 is 0 Å². The first-order chi connectivity index (χ1) is 11.2. The van der Waals surface area contributed by atoms with Crippen LogP contribution in [-0.2, 0) is 11.3 Å². The molecule has 1 aromatic carbocycles. The van der Waals surface area contributed by atoms with Crippen molar-refractivity contribution >= 4 is 17.6 Å². The monoisotopic (exact) mass is 340 g/mol. The number of guanidine groups is 1. The number of methoxy groups -OCH3 is 1. The van der Waals surface area contributed by atoms with E-state index in [0.29, 0.717) is 6.54 Å². The number of nitrogens with zero attached hydrogens (tertiary/aromatic N) is 2. The van der Waals surface area contributed by atoms with Gasteiger partial charge in [0.15, 0.2) is 5.96 Å². The standard InChI is InChI=1S/C17H29ClN4O/c1-4-19-17(20-10-12-22(2)11-7-13-23-3)21-14-15-8-5-6-9-16(15)18/h5-6,8-9H,4,7,10-14H2,1-3H3,(H2,19,20,21). The van der Waals surface area contributed by atoms with Crippen LogP contribution in [0.15, 0.2) is 29.3 Å². The molecule has 0 heterocycles. The molecule has 0 saturated heterocycles. The Balaban J connectivity index is 2.39. The molecular formula is C17H29ClN4O. The second-order valence-corrected chi connectivity index (χ2v) is 5.77. The number of hydrogen-bond acceptors (Lipinski definition) is 3. The second kappa shape index (κ2) is 12.2. The van der Waals surface area contributed by atoms with Crippen LogP contribution in [-0.4, -0.2) is 57.8 Å². The van der Waals surface area contributed by atoms with Crippen LogP contribution >= 0.6 is 11.6 Å². The van der Waals surface area contributed by atoms with Gasteiger partial charge in [-0.3, -0.25) is 0 Å². The molecule has 0 atom stereocenters. The number of aliphatic imine (C=N–C) groups is 1. The van der Waals surface area contributed by atoms with Gasteiger partial charge < -0.3 is 20.3 Å². The molecule has 23 heavy (non-hydrogen) atoms. The SMILES string of the molecule is CCNC(=NCc1ccccc1Cl)NCCN(C)CCCOC. The Bertz CT molecular complexity index is 468. The van der Waals surface area contributed by atoms with E-state index in [1.54, 1.807) is 7.11 Å². The molecule has 0 aliphatic rings. The van der Waals surface area contributed by atoms with Gasteiger partial charge in [-0.1, -0.05) is 29.8 Å². The zero-order valence-electron chi connectivity index (χ0n) is 14.4. The van der Waals surface area contributed by atoms with Crippen molar-refractivity contribution in [1.82, 2.24) is 15.5 Å². The minimum absolute atomic E-state index is 0.568. The van der Waals surface area contributed by atoms with Gasteiger partial charge in [-0.25, -0.2) is 4.99 Å². The first kappa shape index (κ1) is 19.7. The summed E-state index contributed by atoms with van der Waals surface area (Å²) in [6, 6.07) is 7.80. The number of ether oxygens (including phenoxy) is 1. The highest BCUT2D eigenvalue weighted by atomic mass is 35.5. The van der Waals surface area contributed by atoms with Crippen LogP contribution in [0.5, 0.6) is 0 Å². The van der Waals surface area contributed by atoms with Gasteiger partial charge in [0.25, 0.3) is 0 Å². The maximum absolute atomic E-state index is 6.16. The fourth-order valence-corrected chi connectivity index (χ4v) is 2.28. The van der Waals surface area contributed by atoms with Gasteiger partial charge in [0, 0.05) is 44.9 Å². The summed E-state index contributed by atoms with van der Waals surface area (Å²) < 4.78 is 5.07. The molecule has 0 aliphatic heterocycles. The summed E-state index contributed by atoms with van der Waals surface area (Å²) >= 11 is 6.16. The van der Waals surface area contributed by atoms with Crippen LogP contribution in [0, 0.1) is 0 Å². The lowest BCUT2D eigenvalue weighted by Crippen LogP contribution is -2.41. The van der Waals surface area contributed by atoms with Crippen molar-refractivity contribution in [3.05, 3.63) is 34.9 Å². The van der Waals surface area contributed by atoms with Crippen LogP contribution < -0.4 is 10.6 Å². The van der Waals surface area contributed by atoms with E-state index in [1.807, 2.05) is 24.3 Å². The first-order valence-corrected chi connectivity index (χ1v) is 8.48. The molecule has 0 aromatic heterocycles. The van der Waals surface area contributed by atoms with Crippen LogP contribution in [0.1, 0.15) is 18.9 Å². The van der Waals surface area contributed by atoms with Gasteiger partial charge in [-0.2, -0.15) is 0 Å². The molecule has 130 valence electrons. The third-order valence-electron chi connectivity index (χ3n) is 3.38. The smallest absolute Gasteiger partial charge is 0.191 e. The predicted molar refractivity (Wildman–Crippen MR) is 98.3 cm³/mol. The molecule has 0 amide bonds. The molecular weight excluding hydrogens is 312 g/mol. The van der Waals surface area contributed by atoms with E-state index in [-0.39, 0.29) is 0 Å². The summed E-state index contributed by atoms with van der Waals surface area (Å²) in [6.07, 6.45) is 1.05. The highest BCUT2D eigenvalue weighted by molar-refractivity contribution is 6.31. The number of rotatable bonds is 10. The number of likely N-dealkylation sites (N-methyl/N-ethyl adjacent to an activating group) is 1. The van der Waals surface area contributed by atoms with E-state index in [4.69, 9.17) is 16.3 Å². The summed E-state index contributed by atoms with van der Waals surface area (Å²) in [6.45, 7) is 7.10. The highest BCUT2D eigenvalue weighted by Gasteiger charge is 2.02. The molecule has 6 heteroatoms. The molecule has 0 fully saturated rings. The number of halogens is 1. The summed E-state index contributed by atoms with van der Waals surface area (Å²) in [7, 11) is 3.85. The largest absolute Gasteiger partial charge is 0.385 e. The third kappa shape index (κ3) is 8.79. The normalized spacial score (nSPS) is 11.8. The zero-order valence-corrected chi connectivity index (χ0v) is 15.2. The lowest BCUT2D eigenvalue weighted by Gasteiger charge is -2.18. The average Bonchev–Trinajstić information content (AvgIpc) is 2.54. The topological polar surface area (TPSA) is 48.9 Å². The van der Waals surface area contributed by atoms with E-state index in [2.05, 4.69) is 34.5 Å². The Hall–Kier alpha value is -1.30. The third-order valence-corrected chi connectivity index (χ3v) is 3.75. The van der Waals surface area contributed by atoms with E-state index in [9.17, 15) is 0 Å². The van der Waals surface area contributed by atoms with Crippen molar-refractivity contribution in [2.45, 2.75) is 19.9 Å². The fraction of sp³-hybridized carbons (Fsp3) is 0.588. The second-order valence-electron chi connectivity index (χ2n) is 5.36. The average molecular weight is 341 g/mol. The molecule has 0 saturated carbocycles. The summed E-state index contributed by atoms with van der Waals surface area (Å²) in [5.41, 5.74) is 1.03. The van der Waals surface area contributed by atoms with Gasteiger partial charge in [0.2, 0.25) is 0 Å². The molecule has 2 N–H and O–H groups in total. The highest BCUT2D eigenvalue weighted by Crippen LogP contribution is 2.15. The molecule has 1 rings (SSSR count). The van der Waals surface area contributed by atoms with Gasteiger partial charge in [0.1, 0.15) is 0 Å². The quantitative estimate of drug-likeness (QED) is 0.390. The van der Waals surface area contributed by atoms with Crippen molar-refractivity contribution < 1.29 is 4.74 Å². The van der Waals surface area contributed by atoms with Crippen molar-refractivity contribution in [1.29, 1.82) is 0 Å². The van der Waals surface area contributed by atoms with Gasteiger partial charge in [0.05, 0.1) is 6.54 Å².